The van der Waals surface area contributed by atoms with Gasteiger partial charge < -0.3 is 15.1 Å². The summed E-state index contributed by atoms with van der Waals surface area (Å²) in [6.45, 7) is 7.51. The van der Waals surface area contributed by atoms with Gasteiger partial charge in [0.1, 0.15) is 0 Å². The maximum atomic E-state index is 12.6. The Kier molecular flexibility index (Phi) is 7.46. The van der Waals surface area contributed by atoms with Crippen LogP contribution in [-0.4, -0.2) is 65.0 Å². The third-order valence-electron chi connectivity index (χ3n) is 6.29. The number of aryl methyl sites for hydroxylation is 1. The SMILES string of the molecule is Cc1ccc(C(=O)CCC(=O)N2CCC(NC(=O)C3CC(=O)N(C(C)C)C3)CC2)cc1. The average molecular weight is 428 g/mol. The Morgan fingerprint density at radius 1 is 1.06 bits per heavy atom. The first-order valence-electron chi connectivity index (χ1n) is 11.2. The predicted molar refractivity (Wildman–Crippen MR) is 117 cm³/mol. The molecule has 1 unspecified atom stereocenters. The lowest BCUT2D eigenvalue weighted by molar-refractivity contribution is -0.133. The van der Waals surface area contributed by atoms with E-state index in [1.165, 1.54) is 0 Å². The number of benzene rings is 1. The zero-order valence-corrected chi connectivity index (χ0v) is 18.7. The van der Waals surface area contributed by atoms with Crippen LogP contribution in [0.25, 0.3) is 0 Å². The van der Waals surface area contributed by atoms with E-state index in [0.717, 1.165) is 5.56 Å². The summed E-state index contributed by atoms with van der Waals surface area (Å²) in [5.41, 5.74) is 1.74. The molecule has 0 saturated carbocycles. The van der Waals surface area contributed by atoms with Gasteiger partial charge in [-0.3, -0.25) is 19.2 Å². The second-order valence-corrected chi connectivity index (χ2v) is 8.99. The van der Waals surface area contributed by atoms with Crippen LogP contribution in [0.1, 0.15) is 61.9 Å². The second kappa shape index (κ2) is 10.1. The van der Waals surface area contributed by atoms with Crippen molar-refractivity contribution in [3.8, 4) is 0 Å². The number of piperidine rings is 1. The molecule has 1 aromatic rings. The summed E-state index contributed by atoms with van der Waals surface area (Å²) in [6, 6.07) is 7.53. The molecular weight excluding hydrogens is 394 g/mol. The van der Waals surface area contributed by atoms with E-state index in [0.29, 0.717) is 38.0 Å². The van der Waals surface area contributed by atoms with E-state index in [1.807, 2.05) is 32.9 Å². The summed E-state index contributed by atoms with van der Waals surface area (Å²) in [6.07, 6.45) is 2.08. The van der Waals surface area contributed by atoms with Crippen molar-refractivity contribution < 1.29 is 19.2 Å². The van der Waals surface area contributed by atoms with Gasteiger partial charge >= 0.3 is 0 Å². The molecule has 31 heavy (non-hydrogen) atoms. The van der Waals surface area contributed by atoms with Crippen LogP contribution in [0.15, 0.2) is 24.3 Å². The number of amides is 3. The van der Waals surface area contributed by atoms with Crippen molar-refractivity contribution >= 4 is 23.5 Å². The standard InChI is InChI=1S/C24H33N3O4/c1-16(2)27-15-19(14-23(27)30)24(31)25-20-10-12-26(13-11-20)22(29)9-8-21(28)18-6-4-17(3)5-7-18/h4-7,16,19-20H,8-15H2,1-3H3,(H,25,31). The summed E-state index contributed by atoms with van der Waals surface area (Å²) < 4.78 is 0. The van der Waals surface area contributed by atoms with Crippen LogP contribution in [0, 0.1) is 12.8 Å². The van der Waals surface area contributed by atoms with E-state index in [-0.39, 0.29) is 60.8 Å². The van der Waals surface area contributed by atoms with Crippen LogP contribution in [-0.2, 0) is 14.4 Å². The Bertz CT molecular complexity index is 826. The number of carbonyl (C=O) groups excluding carboxylic acids is 4. The van der Waals surface area contributed by atoms with E-state index in [9.17, 15) is 19.2 Å². The van der Waals surface area contributed by atoms with Crippen molar-refractivity contribution in [2.75, 3.05) is 19.6 Å². The molecular formula is C24H33N3O4. The molecule has 3 rings (SSSR count). The van der Waals surface area contributed by atoms with Crippen LogP contribution in [0.2, 0.25) is 0 Å². The molecule has 1 atom stereocenters. The van der Waals surface area contributed by atoms with E-state index >= 15 is 0 Å². The summed E-state index contributed by atoms with van der Waals surface area (Å²) in [5.74, 6) is -0.348. The molecule has 0 bridgehead atoms. The van der Waals surface area contributed by atoms with Crippen LogP contribution in [0.4, 0.5) is 0 Å². The van der Waals surface area contributed by atoms with Gasteiger partial charge in [0, 0.05) is 56.5 Å². The van der Waals surface area contributed by atoms with E-state index in [1.54, 1.807) is 21.9 Å². The molecule has 2 aliphatic heterocycles. The monoisotopic (exact) mass is 427 g/mol. The maximum Gasteiger partial charge on any atom is 0.225 e. The topological polar surface area (TPSA) is 86.8 Å². The smallest absolute Gasteiger partial charge is 0.225 e. The number of ketones is 1. The molecule has 1 aromatic carbocycles. The van der Waals surface area contributed by atoms with Gasteiger partial charge in [0.15, 0.2) is 5.78 Å². The molecule has 168 valence electrons. The number of hydrogen-bond acceptors (Lipinski definition) is 4. The van der Waals surface area contributed by atoms with Gasteiger partial charge in [-0.15, -0.1) is 0 Å². The molecule has 3 amide bonds. The highest BCUT2D eigenvalue weighted by Gasteiger charge is 2.36. The molecule has 7 heteroatoms. The van der Waals surface area contributed by atoms with Gasteiger partial charge in [0.2, 0.25) is 17.7 Å². The first-order valence-corrected chi connectivity index (χ1v) is 11.2. The highest BCUT2D eigenvalue weighted by atomic mass is 16.2. The molecule has 2 heterocycles. The van der Waals surface area contributed by atoms with E-state index in [2.05, 4.69) is 5.32 Å². The first-order chi connectivity index (χ1) is 14.7. The summed E-state index contributed by atoms with van der Waals surface area (Å²) >= 11 is 0. The molecule has 0 spiro atoms. The van der Waals surface area contributed by atoms with Gasteiger partial charge in [-0.05, 0) is 33.6 Å². The number of Topliss-reactive ketones (excluding diaryl/α,β-unsaturated/α-hetero) is 1. The van der Waals surface area contributed by atoms with E-state index in [4.69, 9.17) is 0 Å². The van der Waals surface area contributed by atoms with Gasteiger partial charge in [-0.2, -0.15) is 0 Å². The minimum absolute atomic E-state index is 0.0146. The van der Waals surface area contributed by atoms with Gasteiger partial charge in [-0.25, -0.2) is 0 Å². The van der Waals surface area contributed by atoms with E-state index < -0.39 is 0 Å². The largest absolute Gasteiger partial charge is 0.353 e. The zero-order chi connectivity index (χ0) is 22.5. The number of nitrogens with one attached hydrogen (secondary N) is 1. The number of likely N-dealkylation sites (tertiary alicyclic amines) is 2. The van der Waals surface area contributed by atoms with Crippen molar-refractivity contribution in [3.05, 3.63) is 35.4 Å². The summed E-state index contributed by atoms with van der Waals surface area (Å²) in [5, 5.41) is 3.07. The zero-order valence-electron chi connectivity index (χ0n) is 18.7. The Hall–Kier alpha value is -2.70. The minimum atomic E-state index is -0.289. The quantitative estimate of drug-likeness (QED) is 0.677. The van der Waals surface area contributed by atoms with Crippen molar-refractivity contribution in [2.24, 2.45) is 5.92 Å². The van der Waals surface area contributed by atoms with Crippen LogP contribution < -0.4 is 5.32 Å². The second-order valence-electron chi connectivity index (χ2n) is 8.99. The Labute approximate surface area is 184 Å². The molecule has 7 nitrogen and oxygen atoms in total. The molecule has 2 aliphatic rings. The maximum absolute atomic E-state index is 12.6. The molecule has 0 radical (unpaired) electrons. The Morgan fingerprint density at radius 2 is 1.71 bits per heavy atom. The number of rotatable bonds is 7. The van der Waals surface area contributed by atoms with Crippen LogP contribution in [0.3, 0.4) is 0 Å². The molecule has 2 saturated heterocycles. The highest BCUT2D eigenvalue weighted by molar-refractivity contribution is 5.98. The molecule has 0 aliphatic carbocycles. The average Bonchev–Trinajstić information content (AvgIpc) is 3.15. The Morgan fingerprint density at radius 3 is 2.29 bits per heavy atom. The highest BCUT2D eigenvalue weighted by Crippen LogP contribution is 2.21. The molecule has 1 N–H and O–H groups in total. The van der Waals surface area contributed by atoms with Gasteiger partial charge in [0.05, 0.1) is 5.92 Å². The lowest BCUT2D eigenvalue weighted by Gasteiger charge is -2.33. The van der Waals surface area contributed by atoms with Crippen LogP contribution >= 0.6 is 0 Å². The van der Waals surface area contributed by atoms with Crippen molar-refractivity contribution in [2.45, 2.75) is 65.0 Å². The normalized spacial score (nSPS) is 19.7. The summed E-state index contributed by atoms with van der Waals surface area (Å²) in [4.78, 5) is 52.9. The number of hydrogen-bond donors (Lipinski definition) is 1. The van der Waals surface area contributed by atoms with Crippen molar-refractivity contribution in [3.63, 3.8) is 0 Å². The lowest BCUT2D eigenvalue weighted by Crippen LogP contribution is -2.48. The van der Waals surface area contributed by atoms with Gasteiger partial charge in [0.25, 0.3) is 0 Å². The fraction of sp³-hybridized carbons (Fsp3) is 0.583. The fourth-order valence-electron chi connectivity index (χ4n) is 4.26. The third kappa shape index (κ3) is 5.93. The van der Waals surface area contributed by atoms with Crippen molar-refractivity contribution in [1.29, 1.82) is 0 Å². The predicted octanol–water partition coefficient (Wildman–Crippen LogP) is 2.32. The summed E-state index contributed by atoms with van der Waals surface area (Å²) in [7, 11) is 0. The van der Waals surface area contributed by atoms with Crippen LogP contribution in [0.5, 0.6) is 0 Å². The number of nitrogens with zero attached hydrogens (tertiary/aromatic N) is 2. The first kappa shape index (κ1) is 23.0. The Balaban J connectivity index is 1.39. The molecule has 2 fully saturated rings. The molecule has 0 aromatic heterocycles. The van der Waals surface area contributed by atoms with Gasteiger partial charge in [-0.1, -0.05) is 29.8 Å². The third-order valence-corrected chi connectivity index (χ3v) is 6.29. The van der Waals surface area contributed by atoms with Crippen molar-refractivity contribution in [1.82, 2.24) is 15.1 Å². The fourth-order valence-corrected chi connectivity index (χ4v) is 4.26. The lowest BCUT2D eigenvalue weighted by atomic mass is 10.0. The minimum Gasteiger partial charge on any atom is -0.353 e. The number of carbonyl (C=O) groups is 4.